The maximum Gasteiger partial charge on any atom is 0.252 e. The molecule has 2 saturated heterocycles. The van der Waals surface area contributed by atoms with Crippen LogP contribution < -0.4 is 5.73 Å². The van der Waals surface area contributed by atoms with Gasteiger partial charge in [0.1, 0.15) is 12.1 Å². The molecule has 2 fully saturated rings. The second-order valence-corrected chi connectivity index (χ2v) is 9.00. The Morgan fingerprint density at radius 2 is 1.93 bits per heavy atom. The molecule has 4 unspecified atom stereocenters. The number of hydrogen-bond acceptors (Lipinski definition) is 5. The molecular formula is C20H32N3O5. The van der Waals surface area contributed by atoms with E-state index < -0.39 is 24.0 Å². The van der Waals surface area contributed by atoms with Crippen molar-refractivity contribution in [2.75, 3.05) is 20.2 Å². The lowest BCUT2D eigenvalue weighted by atomic mass is 9.88. The Hall–Kier alpha value is -1.96. The van der Waals surface area contributed by atoms with Crippen LogP contribution in [0.15, 0.2) is 0 Å². The summed E-state index contributed by atoms with van der Waals surface area (Å²) in [6.07, 6.45) is 2.13. The lowest BCUT2D eigenvalue weighted by Crippen LogP contribution is -2.46. The first-order chi connectivity index (χ1) is 13.0. The molecule has 4 atom stereocenters. The fraction of sp³-hybridized carbons (Fsp3) is 0.750. The van der Waals surface area contributed by atoms with E-state index in [4.69, 9.17) is 10.5 Å². The summed E-state index contributed by atoms with van der Waals surface area (Å²) >= 11 is 0. The number of carbonyl (C=O) groups is 4. The first kappa shape index (κ1) is 22.3. The second-order valence-electron chi connectivity index (χ2n) is 9.00. The van der Waals surface area contributed by atoms with Gasteiger partial charge in [-0.2, -0.15) is 0 Å². The van der Waals surface area contributed by atoms with Crippen molar-refractivity contribution in [3.05, 3.63) is 6.42 Å². The van der Waals surface area contributed by atoms with Gasteiger partial charge in [0.2, 0.25) is 11.8 Å². The molecule has 0 saturated carbocycles. The summed E-state index contributed by atoms with van der Waals surface area (Å²) < 4.78 is 5.41. The number of ketones is 1. The number of primary amides is 1. The molecule has 28 heavy (non-hydrogen) atoms. The molecule has 0 aromatic rings. The molecule has 0 bridgehead atoms. The number of rotatable bonds is 7. The normalized spacial score (nSPS) is 24.2. The third-order valence-electron chi connectivity index (χ3n) is 5.48. The fourth-order valence-corrected chi connectivity index (χ4v) is 3.88. The van der Waals surface area contributed by atoms with Crippen molar-refractivity contribution in [1.29, 1.82) is 0 Å². The lowest BCUT2D eigenvalue weighted by molar-refractivity contribution is -0.145. The zero-order valence-corrected chi connectivity index (χ0v) is 17.4. The van der Waals surface area contributed by atoms with E-state index in [1.54, 1.807) is 11.8 Å². The van der Waals surface area contributed by atoms with Crippen molar-refractivity contribution in [2.45, 2.75) is 65.1 Å². The van der Waals surface area contributed by atoms with Crippen LogP contribution in [0.2, 0.25) is 0 Å². The van der Waals surface area contributed by atoms with Crippen LogP contribution in [0.5, 0.6) is 0 Å². The van der Waals surface area contributed by atoms with Gasteiger partial charge in [0.05, 0.1) is 19.0 Å². The summed E-state index contributed by atoms with van der Waals surface area (Å²) in [4.78, 5) is 52.4. The van der Waals surface area contributed by atoms with E-state index in [9.17, 15) is 19.2 Å². The van der Waals surface area contributed by atoms with Crippen LogP contribution in [0.3, 0.4) is 0 Å². The minimum absolute atomic E-state index is 0.000359. The van der Waals surface area contributed by atoms with Gasteiger partial charge < -0.3 is 20.3 Å². The van der Waals surface area contributed by atoms with Gasteiger partial charge in [0.25, 0.3) is 5.91 Å². The van der Waals surface area contributed by atoms with Crippen molar-refractivity contribution in [3.63, 3.8) is 0 Å². The fourth-order valence-electron chi connectivity index (χ4n) is 3.88. The van der Waals surface area contributed by atoms with Crippen molar-refractivity contribution in [2.24, 2.45) is 17.1 Å². The Morgan fingerprint density at radius 1 is 1.29 bits per heavy atom. The summed E-state index contributed by atoms with van der Waals surface area (Å²) in [5, 5.41) is 0. The first-order valence-electron chi connectivity index (χ1n) is 9.75. The molecule has 2 aliphatic heterocycles. The molecule has 2 aliphatic rings. The minimum Gasteiger partial charge on any atom is -0.372 e. The number of methoxy groups -OCH3 is 1. The minimum atomic E-state index is -0.622. The molecule has 2 N–H and O–H groups in total. The summed E-state index contributed by atoms with van der Waals surface area (Å²) in [5.41, 5.74) is 5.13. The molecule has 0 aromatic carbocycles. The molecule has 8 heteroatoms. The lowest BCUT2D eigenvalue weighted by Gasteiger charge is -2.30. The highest BCUT2D eigenvalue weighted by Crippen LogP contribution is 2.32. The van der Waals surface area contributed by atoms with E-state index in [1.807, 2.05) is 20.8 Å². The smallest absolute Gasteiger partial charge is 0.252 e. The molecule has 0 aliphatic carbocycles. The van der Waals surface area contributed by atoms with Gasteiger partial charge in [0, 0.05) is 19.6 Å². The van der Waals surface area contributed by atoms with Crippen LogP contribution in [0.4, 0.5) is 0 Å². The standard InChI is InChI=1S/C20H32N3O5/c1-12(18(21)26)6-7-16(25)22-9-8-13-17(22)14(24)11-23(13)19(27)15(28-5)10-20(2,3)4/h7,12-13,15,17H,6,8-11H2,1-5H3,(H2,21,26). The molecule has 0 spiro atoms. The molecule has 2 heterocycles. The van der Waals surface area contributed by atoms with Crippen molar-refractivity contribution in [3.8, 4) is 0 Å². The number of ether oxygens (including phenoxy) is 1. The number of amides is 3. The van der Waals surface area contributed by atoms with Crippen LogP contribution in [0.25, 0.3) is 0 Å². The van der Waals surface area contributed by atoms with E-state index in [-0.39, 0.29) is 42.0 Å². The Labute approximate surface area is 166 Å². The highest BCUT2D eigenvalue weighted by molar-refractivity contribution is 5.99. The van der Waals surface area contributed by atoms with Gasteiger partial charge in [-0.15, -0.1) is 0 Å². The van der Waals surface area contributed by atoms with Gasteiger partial charge in [-0.25, -0.2) is 0 Å². The van der Waals surface area contributed by atoms with Crippen LogP contribution in [-0.4, -0.2) is 71.7 Å². The predicted molar refractivity (Wildman–Crippen MR) is 103 cm³/mol. The molecule has 157 valence electrons. The summed E-state index contributed by atoms with van der Waals surface area (Å²) in [6, 6.07) is -0.938. The van der Waals surface area contributed by atoms with Gasteiger partial charge in [-0.3, -0.25) is 19.2 Å². The maximum absolute atomic E-state index is 13.0. The number of nitrogens with two attached hydrogens (primary N) is 1. The van der Waals surface area contributed by atoms with Crippen molar-refractivity contribution < 1.29 is 23.9 Å². The highest BCUT2D eigenvalue weighted by atomic mass is 16.5. The van der Waals surface area contributed by atoms with Crippen LogP contribution in [-0.2, 0) is 23.9 Å². The molecule has 0 aromatic heterocycles. The van der Waals surface area contributed by atoms with E-state index >= 15 is 0 Å². The average molecular weight is 394 g/mol. The number of likely N-dealkylation sites (tertiary alicyclic amines) is 2. The zero-order valence-electron chi connectivity index (χ0n) is 17.4. The van der Waals surface area contributed by atoms with E-state index in [0.717, 1.165) is 0 Å². The molecular weight excluding hydrogens is 362 g/mol. The Morgan fingerprint density at radius 3 is 2.46 bits per heavy atom. The third kappa shape index (κ3) is 4.90. The molecule has 2 rings (SSSR count). The van der Waals surface area contributed by atoms with Crippen LogP contribution in [0, 0.1) is 17.8 Å². The van der Waals surface area contributed by atoms with E-state index in [1.165, 1.54) is 18.4 Å². The van der Waals surface area contributed by atoms with Gasteiger partial charge in [0.15, 0.2) is 5.78 Å². The van der Waals surface area contributed by atoms with Gasteiger partial charge in [-0.05, 0) is 24.7 Å². The van der Waals surface area contributed by atoms with E-state index in [0.29, 0.717) is 19.4 Å². The van der Waals surface area contributed by atoms with Crippen molar-refractivity contribution in [1.82, 2.24) is 9.80 Å². The number of nitrogens with zero attached hydrogens (tertiary/aromatic N) is 2. The Balaban J connectivity index is 2.05. The monoisotopic (exact) mass is 394 g/mol. The number of Topliss-reactive ketones (excluding diaryl/α,β-unsaturated/α-hetero) is 1. The number of fused-ring (bicyclic) bond motifs is 1. The predicted octanol–water partition coefficient (Wildman–Crippen LogP) is 0.534. The van der Waals surface area contributed by atoms with Crippen LogP contribution in [0.1, 0.15) is 47.0 Å². The Kier molecular flexibility index (Phi) is 6.85. The van der Waals surface area contributed by atoms with Crippen LogP contribution >= 0.6 is 0 Å². The third-order valence-corrected chi connectivity index (χ3v) is 5.48. The number of hydrogen-bond donors (Lipinski definition) is 1. The molecule has 3 amide bonds. The summed E-state index contributed by atoms with van der Waals surface area (Å²) in [5.74, 6) is -1.53. The highest BCUT2D eigenvalue weighted by Gasteiger charge is 2.52. The quantitative estimate of drug-likeness (QED) is 0.677. The van der Waals surface area contributed by atoms with E-state index in [2.05, 4.69) is 0 Å². The average Bonchev–Trinajstić information content (AvgIpc) is 3.17. The first-order valence-corrected chi connectivity index (χ1v) is 9.75. The van der Waals surface area contributed by atoms with Crippen molar-refractivity contribution >= 4 is 23.5 Å². The topological polar surface area (TPSA) is 110 Å². The number of carbonyl (C=O) groups excluding carboxylic acids is 4. The van der Waals surface area contributed by atoms with Gasteiger partial charge in [-0.1, -0.05) is 27.7 Å². The zero-order chi connectivity index (χ0) is 21.2. The van der Waals surface area contributed by atoms with Gasteiger partial charge >= 0.3 is 0 Å². The SMILES string of the molecule is COC(CC(C)(C)C)C(=O)N1CC(=O)C2C1CCN2C(=O)[CH]CC(C)C(N)=O. The largest absolute Gasteiger partial charge is 0.372 e. The summed E-state index contributed by atoms with van der Waals surface area (Å²) in [6.45, 7) is 8.15. The molecule has 8 nitrogen and oxygen atoms in total. The summed E-state index contributed by atoms with van der Waals surface area (Å²) in [7, 11) is 1.50. The molecule has 1 radical (unpaired) electrons. The second kappa shape index (κ2) is 8.59. The Bertz CT molecular complexity index is 642. The maximum atomic E-state index is 13.0.